The Morgan fingerprint density at radius 2 is 2.11 bits per heavy atom. The Bertz CT molecular complexity index is 481. The van der Waals surface area contributed by atoms with E-state index in [2.05, 4.69) is 17.3 Å². The highest BCUT2D eigenvalue weighted by atomic mass is 16.5. The van der Waals surface area contributed by atoms with E-state index in [0.29, 0.717) is 6.04 Å². The average Bonchev–Trinajstić information content (AvgIpc) is 2.86. The van der Waals surface area contributed by atoms with Crippen LogP contribution in [0.3, 0.4) is 0 Å². The molecule has 4 heteroatoms. The van der Waals surface area contributed by atoms with Crippen LogP contribution in [-0.4, -0.2) is 22.9 Å². The highest BCUT2D eigenvalue weighted by Crippen LogP contribution is 2.10. The molecule has 0 radical (unpaired) electrons. The summed E-state index contributed by atoms with van der Waals surface area (Å²) >= 11 is 0. The molecule has 1 atom stereocenters. The Balaban J connectivity index is 1.62. The first-order valence-corrected chi connectivity index (χ1v) is 6.65. The zero-order valence-corrected chi connectivity index (χ0v) is 11.5. The molecule has 19 heavy (non-hydrogen) atoms. The standard InChI is InChI=1S/C15H21N3O/c1-13(14-11-17-18(2)12-14)16-9-6-10-19-15-7-4-3-5-8-15/h3-5,7-8,11-13,16H,6,9-10H2,1-2H3. The van der Waals surface area contributed by atoms with Crippen molar-refractivity contribution in [2.45, 2.75) is 19.4 Å². The zero-order valence-electron chi connectivity index (χ0n) is 11.5. The maximum Gasteiger partial charge on any atom is 0.119 e. The van der Waals surface area contributed by atoms with E-state index in [1.54, 1.807) is 0 Å². The van der Waals surface area contributed by atoms with Crippen molar-refractivity contribution in [1.82, 2.24) is 15.1 Å². The molecular weight excluding hydrogens is 238 g/mol. The van der Waals surface area contributed by atoms with E-state index in [0.717, 1.165) is 25.3 Å². The van der Waals surface area contributed by atoms with Gasteiger partial charge in [0.1, 0.15) is 5.75 Å². The van der Waals surface area contributed by atoms with Gasteiger partial charge >= 0.3 is 0 Å². The van der Waals surface area contributed by atoms with Crippen molar-refractivity contribution < 1.29 is 4.74 Å². The number of hydrogen-bond acceptors (Lipinski definition) is 3. The molecule has 0 bridgehead atoms. The number of nitrogens with one attached hydrogen (secondary N) is 1. The summed E-state index contributed by atoms with van der Waals surface area (Å²) in [4.78, 5) is 0. The number of aryl methyl sites for hydroxylation is 1. The molecule has 102 valence electrons. The van der Waals surface area contributed by atoms with E-state index in [1.807, 2.05) is 54.5 Å². The quantitative estimate of drug-likeness (QED) is 0.777. The molecule has 4 nitrogen and oxygen atoms in total. The second-order valence-electron chi connectivity index (χ2n) is 4.64. The summed E-state index contributed by atoms with van der Waals surface area (Å²) < 4.78 is 7.47. The maximum atomic E-state index is 5.64. The first-order chi connectivity index (χ1) is 9.25. The molecule has 0 saturated heterocycles. The minimum atomic E-state index is 0.324. The average molecular weight is 259 g/mol. The lowest BCUT2D eigenvalue weighted by Gasteiger charge is -2.12. The van der Waals surface area contributed by atoms with Crippen LogP contribution in [0.4, 0.5) is 0 Å². The minimum absolute atomic E-state index is 0.324. The van der Waals surface area contributed by atoms with E-state index in [9.17, 15) is 0 Å². The van der Waals surface area contributed by atoms with E-state index in [4.69, 9.17) is 4.74 Å². The summed E-state index contributed by atoms with van der Waals surface area (Å²) in [6.45, 7) is 3.81. The fraction of sp³-hybridized carbons (Fsp3) is 0.400. The number of nitrogens with zero attached hydrogens (tertiary/aromatic N) is 2. The Hall–Kier alpha value is -1.81. The van der Waals surface area contributed by atoms with Gasteiger partial charge in [0, 0.05) is 24.8 Å². The van der Waals surface area contributed by atoms with E-state index >= 15 is 0 Å². The van der Waals surface area contributed by atoms with Gasteiger partial charge in [0.25, 0.3) is 0 Å². The SMILES string of the molecule is CC(NCCCOc1ccccc1)c1cnn(C)c1. The van der Waals surface area contributed by atoms with Crippen molar-refractivity contribution in [1.29, 1.82) is 0 Å². The summed E-state index contributed by atoms with van der Waals surface area (Å²) in [6.07, 6.45) is 4.93. The number of ether oxygens (including phenoxy) is 1. The Labute approximate surface area is 114 Å². The molecule has 1 N–H and O–H groups in total. The van der Waals surface area contributed by atoms with Gasteiger partial charge in [-0.25, -0.2) is 0 Å². The molecule has 0 aliphatic carbocycles. The third kappa shape index (κ3) is 4.41. The summed E-state index contributed by atoms with van der Waals surface area (Å²) in [7, 11) is 1.93. The van der Waals surface area contributed by atoms with Crippen molar-refractivity contribution in [3.05, 3.63) is 48.3 Å². The van der Waals surface area contributed by atoms with Crippen LogP contribution in [0.15, 0.2) is 42.7 Å². The molecule has 1 aromatic carbocycles. The van der Waals surface area contributed by atoms with Gasteiger partial charge in [0.05, 0.1) is 12.8 Å². The lowest BCUT2D eigenvalue weighted by atomic mass is 10.2. The number of hydrogen-bond donors (Lipinski definition) is 1. The summed E-state index contributed by atoms with van der Waals surface area (Å²) in [6, 6.07) is 10.2. The third-order valence-electron chi connectivity index (χ3n) is 3.01. The summed E-state index contributed by atoms with van der Waals surface area (Å²) in [5.74, 6) is 0.933. The van der Waals surface area contributed by atoms with Gasteiger partial charge < -0.3 is 10.1 Å². The van der Waals surface area contributed by atoms with E-state index < -0.39 is 0 Å². The van der Waals surface area contributed by atoms with Gasteiger partial charge in [-0.1, -0.05) is 18.2 Å². The largest absolute Gasteiger partial charge is 0.494 e. The topological polar surface area (TPSA) is 39.1 Å². The maximum absolute atomic E-state index is 5.64. The van der Waals surface area contributed by atoms with Crippen molar-refractivity contribution in [2.24, 2.45) is 7.05 Å². The molecule has 0 amide bonds. The molecule has 0 aliphatic heterocycles. The van der Waals surface area contributed by atoms with Gasteiger partial charge in [-0.05, 0) is 32.0 Å². The number of aromatic nitrogens is 2. The zero-order chi connectivity index (χ0) is 13.5. The van der Waals surface area contributed by atoms with Gasteiger partial charge in [-0.3, -0.25) is 4.68 Å². The first-order valence-electron chi connectivity index (χ1n) is 6.65. The number of rotatable bonds is 7. The van der Waals surface area contributed by atoms with Crippen LogP contribution in [0.25, 0.3) is 0 Å². The number of para-hydroxylation sites is 1. The van der Waals surface area contributed by atoms with Gasteiger partial charge in [-0.15, -0.1) is 0 Å². The van der Waals surface area contributed by atoms with Gasteiger partial charge in [-0.2, -0.15) is 5.10 Å². The Morgan fingerprint density at radius 3 is 2.79 bits per heavy atom. The van der Waals surface area contributed by atoms with Crippen LogP contribution < -0.4 is 10.1 Å². The van der Waals surface area contributed by atoms with Gasteiger partial charge in [0.15, 0.2) is 0 Å². The van der Waals surface area contributed by atoms with Crippen molar-refractivity contribution in [3.63, 3.8) is 0 Å². The molecular formula is C15H21N3O. The van der Waals surface area contributed by atoms with Crippen LogP contribution in [0.5, 0.6) is 5.75 Å². The van der Waals surface area contributed by atoms with E-state index in [-0.39, 0.29) is 0 Å². The smallest absolute Gasteiger partial charge is 0.119 e. The van der Waals surface area contributed by atoms with Crippen molar-refractivity contribution in [2.75, 3.05) is 13.2 Å². The second kappa shape index (κ2) is 6.95. The lowest BCUT2D eigenvalue weighted by Crippen LogP contribution is -2.21. The highest BCUT2D eigenvalue weighted by Gasteiger charge is 2.05. The molecule has 0 saturated carbocycles. The highest BCUT2D eigenvalue weighted by molar-refractivity contribution is 5.20. The fourth-order valence-electron chi connectivity index (χ4n) is 1.88. The number of benzene rings is 1. The molecule has 2 rings (SSSR count). The van der Waals surface area contributed by atoms with Crippen molar-refractivity contribution >= 4 is 0 Å². The fourth-order valence-corrected chi connectivity index (χ4v) is 1.88. The second-order valence-corrected chi connectivity index (χ2v) is 4.64. The normalized spacial score (nSPS) is 12.3. The van der Waals surface area contributed by atoms with E-state index in [1.165, 1.54) is 5.56 Å². The molecule has 1 aromatic heterocycles. The van der Waals surface area contributed by atoms with Crippen LogP contribution in [0.1, 0.15) is 24.9 Å². The third-order valence-corrected chi connectivity index (χ3v) is 3.01. The summed E-state index contributed by atoms with van der Waals surface area (Å²) in [5.41, 5.74) is 1.21. The first kappa shape index (κ1) is 13.6. The molecule has 1 unspecified atom stereocenters. The predicted molar refractivity (Wildman–Crippen MR) is 76.2 cm³/mol. The molecule has 0 fully saturated rings. The lowest BCUT2D eigenvalue weighted by molar-refractivity contribution is 0.305. The monoisotopic (exact) mass is 259 g/mol. The summed E-state index contributed by atoms with van der Waals surface area (Å²) in [5, 5.41) is 7.64. The molecule has 2 aromatic rings. The molecule has 0 spiro atoms. The van der Waals surface area contributed by atoms with Gasteiger partial charge in [0.2, 0.25) is 0 Å². The van der Waals surface area contributed by atoms with Crippen molar-refractivity contribution in [3.8, 4) is 5.75 Å². The Kier molecular flexibility index (Phi) is 4.98. The minimum Gasteiger partial charge on any atom is -0.494 e. The molecule has 0 aliphatic rings. The predicted octanol–water partition coefficient (Wildman–Crippen LogP) is 2.54. The Morgan fingerprint density at radius 1 is 1.32 bits per heavy atom. The van der Waals surface area contributed by atoms with Crippen LogP contribution in [0.2, 0.25) is 0 Å². The van der Waals surface area contributed by atoms with Crippen LogP contribution in [0, 0.1) is 0 Å². The van der Waals surface area contributed by atoms with Crippen LogP contribution >= 0.6 is 0 Å². The molecule has 1 heterocycles. The van der Waals surface area contributed by atoms with Crippen LogP contribution in [-0.2, 0) is 7.05 Å².